The molecule has 0 fully saturated rings. The van der Waals surface area contributed by atoms with Crippen molar-refractivity contribution < 1.29 is 22.3 Å². The fourth-order valence-electron chi connectivity index (χ4n) is 1.34. The second-order valence-electron chi connectivity index (χ2n) is 4.30. The molecule has 106 valence electrons. The van der Waals surface area contributed by atoms with Gasteiger partial charge in [0.15, 0.2) is 0 Å². The highest BCUT2D eigenvalue weighted by Gasteiger charge is 2.34. The third-order valence-electron chi connectivity index (χ3n) is 2.29. The lowest BCUT2D eigenvalue weighted by Gasteiger charge is -2.22. The van der Waals surface area contributed by atoms with E-state index in [1.54, 1.807) is 0 Å². The van der Waals surface area contributed by atoms with Crippen molar-refractivity contribution in [2.75, 3.05) is 7.11 Å². The molecule has 0 heterocycles. The highest BCUT2D eigenvalue weighted by Crippen LogP contribution is 2.20. The first-order valence-electron chi connectivity index (χ1n) is 5.17. The molecule has 1 N–H and O–H groups in total. The van der Waals surface area contributed by atoms with Crippen molar-refractivity contribution in [3.63, 3.8) is 0 Å². The van der Waals surface area contributed by atoms with Gasteiger partial charge in [0.2, 0.25) is 10.0 Å². The van der Waals surface area contributed by atoms with E-state index in [1.807, 2.05) is 0 Å². The van der Waals surface area contributed by atoms with Gasteiger partial charge in [0, 0.05) is 0 Å². The Morgan fingerprint density at radius 3 is 2.47 bits per heavy atom. The third kappa shape index (κ3) is 3.74. The molecule has 0 atom stereocenters. The highest BCUT2D eigenvalue weighted by atomic mass is 79.9. The molecule has 0 aliphatic rings. The van der Waals surface area contributed by atoms with Crippen molar-refractivity contribution >= 4 is 31.9 Å². The number of ether oxygens (including phenoxy) is 1. The second-order valence-corrected chi connectivity index (χ2v) is 6.83. The van der Waals surface area contributed by atoms with Gasteiger partial charge in [0.25, 0.3) is 0 Å². The van der Waals surface area contributed by atoms with Gasteiger partial charge in [0.1, 0.15) is 11.4 Å². The number of carbonyl (C=O) groups is 1. The molecule has 0 radical (unpaired) electrons. The summed E-state index contributed by atoms with van der Waals surface area (Å²) >= 11 is 2.93. The Morgan fingerprint density at radius 1 is 1.42 bits per heavy atom. The molecular formula is C11H13BrFNO4S. The van der Waals surface area contributed by atoms with Crippen LogP contribution in [0, 0.1) is 5.82 Å². The van der Waals surface area contributed by atoms with Crippen LogP contribution in [-0.4, -0.2) is 27.0 Å². The predicted molar refractivity (Wildman–Crippen MR) is 70.5 cm³/mol. The van der Waals surface area contributed by atoms with Gasteiger partial charge in [-0.15, -0.1) is 0 Å². The maximum atomic E-state index is 13.3. The van der Waals surface area contributed by atoms with Crippen molar-refractivity contribution in [3.05, 3.63) is 28.5 Å². The summed E-state index contributed by atoms with van der Waals surface area (Å²) in [6.45, 7) is 2.71. The Morgan fingerprint density at radius 2 is 2.00 bits per heavy atom. The molecule has 19 heavy (non-hydrogen) atoms. The number of halogens is 2. The van der Waals surface area contributed by atoms with Crippen molar-refractivity contribution in [3.8, 4) is 0 Å². The minimum Gasteiger partial charge on any atom is -0.468 e. The van der Waals surface area contributed by atoms with E-state index < -0.39 is 27.3 Å². The second kappa shape index (κ2) is 5.56. The van der Waals surface area contributed by atoms with E-state index in [-0.39, 0.29) is 9.37 Å². The number of esters is 1. The van der Waals surface area contributed by atoms with Crippen LogP contribution in [0.25, 0.3) is 0 Å². The molecule has 1 aromatic rings. The molecule has 0 amide bonds. The van der Waals surface area contributed by atoms with Gasteiger partial charge in [-0.25, -0.2) is 12.8 Å². The van der Waals surface area contributed by atoms with Gasteiger partial charge in [-0.05, 0) is 48.0 Å². The maximum Gasteiger partial charge on any atom is 0.326 e. The van der Waals surface area contributed by atoms with Gasteiger partial charge in [-0.1, -0.05) is 0 Å². The monoisotopic (exact) mass is 353 g/mol. The molecule has 0 saturated carbocycles. The molecule has 0 bridgehead atoms. The molecule has 1 rings (SSSR count). The van der Waals surface area contributed by atoms with Crippen LogP contribution in [0.2, 0.25) is 0 Å². The van der Waals surface area contributed by atoms with E-state index in [9.17, 15) is 17.6 Å². The Kier molecular flexibility index (Phi) is 4.70. The van der Waals surface area contributed by atoms with Gasteiger partial charge < -0.3 is 4.74 Å². The summed E-state index contributed by atoms with van der Waals surface area (Å²) in [7, 11) is -2.87. The summed E-state index contributed by atoms with van der Waals surface area (Å²) in [6, 6.07) is 3.36. The smallest absolute Gasteiger partial charge is 0.326 e. The summed E-state index contributed by atoms with van der Waals surface area (Å²) in [5, 5.41) is 0. The number of hydrogen-bond donors (Lipinski definition) is 1. The summed E-state index contributed by atoms with van der Waals surface area (Å²) in [6.07, 6.45) is 0. The number of nitrogens with one attached hydrogen (secondary N) is 1. The SMILES string of the molecule is COC(=O)C(C)(C)NS(=O)(=O)c1ccc(Br)c(F)c1. The van der Waals surface area contributed by atoms with E-state index in [0.717, 1.165) is 13.2 Å². The standard InChI is InChI=1S/C11H13BrFNO4S/c1-11(2,10(15)18-3)14-19(16,17)7-4-5-8(12)9(13)6-7/h4-6,14H,1-3H3. The van der Waals surface area contributed by atoms with Crippen LogP contribution < -0.4 is 4.72 Å². The van der Waals surface area contributed by atoms with Gasteiger partial charge in [0.05, 0.1) is 16.5 Å². The number of methoxy groups -OCH3 is 1. The molecule has 8 heteroatoms. The molecular weight excluding hydrogens is 341 g/mol. The molecule has 0 aromatic heterocycles. The highest BCUT2D eigenvalue weighted by molar-refractivity contribution is 9.10. The average molecular weight is 354 g/mol. The first-order chi connectivity index (χ1) is 8.60. The Labute approximate surface area is 119 Å². The van der Waals surface area contributed by atoms with E-state index in [2.05, 4.69) is 25.4 Å². The van der Waals surface area contributed by atoms with E-state index in [0.29, 0.717) is 0 Å². The van der Waals surface area contributed by atoms with E-state index in [4.69, 9.17) is 0 Å². The van der Waals surface area contributed by atoms with Crippen LogP contribution >= 0.6 is 15.9 Å². The van der Waals surface area contributed by atoms with E-state index >= 15 is 0 Å². The number of hydrogen-bond acceptors (Lipinski definition) is 4. The zero-order chi connectivity index (χ0) is 14.8. The zero-order valence-corrected chi connectivity index (χ0v) is 12.9. The number of carbonyl (C=O) groups excluding carboxylic acids is 1. The average Bonchev–Trinajstić information content (AvgIpc) is 2.30. The van der Waals surface area contributed by atoms with Crippen molar-refractivity contribution in [1.82, 2.24) is 4.72 Å². The summed E-state index contributed by atoms with van der Waals surface area (Å²) < 4.78 is 44.2. The predicted octanol–water partition coefficient (Wildman–Crippen LogP) is 1.82. The first-order valence-corrected chi connectivity index (χ1v) is 7.45. The Bertz CT molecular complexity index is 601. The normalized spacial score (nSPS) is 12.3. The molecule has 0 spiro atoms. The van der Waals surface area contributed by atoms with Crippen molar-refractivity contribution in [2.24, 2.45) is 0 Å². The van der Waals surface area contributed by atoms with Crippen molar-refractivity contribution in [2.45, 2.75) is 24.3 Å². The number of benzene rings is 1. The maximum absolute atomic E-state index is 13.3. The van der Waals surface area contributed by atoms with E-state index in [1.165, 1.54) is 26.0 Å². The number of rotatable bonds is 4. The summed E-state index contributed by atoms with van der Waals surface area (Å²) in [5.74, 6) is -1.45. The third-order valence-corrected chi connectivity index (χ3v) is 4.58. The lowest BCUT2D eigenvalue weighted by atomic mass is 10.1. The van der Waals surface area contributed by atoms with Crippen LogP contribution in [0.5, 0.6) is 0 Å². The van der Waals surface area contributed by atoms with Gasteiger partial charge in [-0.2, -0.15) is 4.72 Å². The van der Waals surface area contributed by atoms with Crippen LogP contribution in [-0.2, 0) is 19.6 Å². The summed E-state index contributed by atoms with van der Waals surface area (Å²) in [4.78, 5) is 11.2. The zero-order valence-electron chi connectivity index (χ0n) is 10.5. The van der Waals surface area contributed by atoms with Crippen LogP contribution in [0.1, 0.15) is 13.8 Å². The van der Waals surface area contributed by atoms with Gasteiger partial charge >= 0.3 is 5.97 Å². The molecule has 0 aliphatic carbocycles. The van der Waals surface area contributed by atoms with Crippen LogP contribution in [0.15, 0.2) is 27.6 Å². The minimum atomic E-state index is -4.02. The fourth-order valence-corrected chi connectivity index (χ4v) is 2.96. The topological polar surface area (TPSA) is 72.5 Å². The molecule has 0 saturated heterocycles. The van der Waals surface area contributed by atoms with Crippen LogP contribution in [0.3, 0.4) is 0 Å². The van der Waals surface area contributed by atoms with Gasteiger partial charge in [-0.3, -0.25) is 4.79 Å². The summed E-state index contributed by atoms with van der Waals surface area (Å²) in [5.41, 5.74) is -1.45. The molecule has 0 unspecified atom stereocenters. The number of sulfonamides is 1. The lowest BCUT2D eigenvalue weighted by molar-refractivity contribution is -0.146. The largest absolute Gasteiger partial charge is 0.468 e. The molecule has 5 nitrogen and oxygen atoms in total. The quantitative estimate of drug-likeness (QED) is 0.838. The first kappa shape index (κ1) is 16.1. The Balaban J connectivity index is 3.11. The van der Waals surface area contributed by atoms with Crippen LogP contribution in [0.4, 0.5) is 4.39 Å². The lowest BCUT2D eigenvalue weighted by Crippen LogP contribution is -2.50. The molecule has 0 aliphatic heterocycles. The fraction of sp³-hybridized carbons (Fsp3) is 0.364. The van der Waals surface area contributed by atoms with Crippen molar-refractivity contribution in [1.29, 1.82) is 0 Å². The minimum absolute atomic E-state index is 0.152. The Hall–Kier alpha value is -0.990. The molecule has 1 aromatic carbocycles.